The van der Waals surface area contributed by atoms with E-state index in [1.165, 1.54) is 6.92 Å². The van der Waals surface area contributed by atoms with E-state index in [0.717, 1.165) is 6.42 Å². The molecule has 0 bridgehead atoms. The molecule has 0 saturated heterocycles. The minimum absolute atomic E-state index is 0.313. The van der Waals surface area contributed by atoms with E-state index in [-0.39, 0.29) is 0 Å². The van der Waals surface area contributed by atoms with Crippen molar-refractivity contribution < 1.29 is 23.1 Å². The van der Waals surface area contributed by atoms with Gasteiger partial charge < -0.3 is 10.4 Å². The molecule has 4 atom stereocenters. The lowest BCUT2D eigenvalue weighted by Gasteiger charge is -2.32. The first-order valence-corrected chi connectivity index (χ1v) is 8.56. The molecule has 0 aromatic heterocycles. The highest BCUT2D eigenvalue weighted by atomic mass is 32.2. The van der Waals surface area contributed by atoms with Crippen molar-refractivity contribution in [2.75, 3.05) is 5.75 Å². The molecular formula is C13H23NO5S. The molecule has 1 rings (SSSR count). The average Bonchev–Trinajstić information content (AvgIpc) is 2.30. The minimum atomic E-state index is -3.53. The molecule has 1 aliphatic rings. The van der Waals surface area contributed by atoms with Gasteiger partial charge in [-0.15, -0.1) is 0 Å². The third kappa shape index (κ3) is 4.47. The normalized spacial score (nSPS) is 28.6. The van der Waals surface area contributed by atoms with Crippen LogP contribution >= 0.6 is 0 Å². The number of aliphatic carboxylic acids is 1. The van der Waals surface area contributed by atoms with Gasteiger partial charge in [-0.05, 0) is 31.1 Å². The number of hydrogen-bond donors (Lipinski definition) is 2. The van der Waals surface area contributed by atoms with Crippen LogP contribution in [-0.2, 0) is 19.4 Å². The SMILES string of the molecule is CC(=O)N[C@@H](CS(=O)(=O)C1CCC(C)C(C)C1)C(=O)O. The van der Waals surface area contributed by atoms with Crippen molar-refractivity contribution in [3.63, 3.8) is 0 Å². The quantitative estimate of drug-likeness (QED) is 0.783. The molecule has 0 aromatic carbocycles. The number of carbonyl (C=O) groups is 2. The zero-order valence-corrected chi connectivity index (χ0v) is 12.9. The van der Waals surface area contributed by atoms with Gasteiger partial charge in [-0.3, -0.25) is 4.79 Å². The van der Waals surface area contributed by atoms with Crippen molar-refractivity contribution in [1.29, 1.82) is 0 Å². The van der Waals surface area contributed by atoms with Crippen molar-refractivity contribution in [3.8, 4) is 0 Å². The van der Waals surface area contributed by atoms with Gasteiger partial charge in [0.1, 0.15) is 6.04 Å². The molecule has 0 heterocycles. The Bertz CT molecular complexity index is 473. The van der Waals surface area contributed by atoms with Crippen LogP contribution in [0.15, 0.2) is 0 Å². The van der Waals surface area contributed by atoms with E-state index in [4.69, 9.17) is 5.11 Å². The highest BCUT2D eigenvalue weighted by Gasteiger charge is 2.36. The summed E-state index contributed by atoms with van der Waals surface area (Å²) in [6.07, 6.45) is 1.97. The topological polar surface area (TPSA) is 101 Å². The fourth-order valence-electron chi connectivity index (χ4n) is 2.61. The fourth-order valence-corrected chi connectivity index (χ4v) is 4.67. The van der Waals surface area contributed by atoms with Crippen LogP contribution in [0.25, 0.3) is 0 Å². The maximum Gasteiger partial charge on any atom is 0.327 e. The standard InChI is InChI=1S/C13H23NO5S/c1-8-4-5-11(6-9(8)2)20(18,19)7-12(13(16)17)14-10(3)15/h8-9,11-12H,4-7H2,1-3H3,(H,14,15)(H,16,17)/t8?,9?,11?,12-/m0/s1. The zero-order valence-electron chi connectivity index (χ0n) is 12.1. The Labute approximate surface area is 119 Å². The maximum atomic E-state index is 12.3. The van der Waals surface area contributed by atoms with Crippen LogP contribution < -0.4 is 5.32 Å². The number of carboxylic acid groups (broad SMARTS) is 1. The van der Waals surface area contributed by atoms with Crippen molar-refractivity contribution in [1.82, 2.24) is 5.32 Å². The molecule has 1 saturated carbocycles. The van der Waals surface area contributed by atoms with Crippen LogP contribution in [0.1, 0.15) is 40.0 Å². The molecule has 1 amide bonds. The molecule has 3 unspecified atom stereocenters. The smallest absolute Gasteiger partial charge is 0.327 e. The summed E-state index contributed by atoms with van der Waals surface area (Å²) >= 11 is 0. The van der Waals surface area contributed by atoms with Crippen LogP contribution in [0.2, 0.25) is 0 Å². The van der Waals surface area contributed by atoms with Crippen molar-refractivity contribution in [3.05, 3.63) is 0 Å². The zero-order chi connectivity index (χ0) is 15.5. The summed E-state index contributed by atoms with van der Waals surface area (Å²) in [6, 6.07) is -1.37. The van der Waals surface area contributed by atoms with Crippen molar-refractivity contribution >= 4 is 21.7 Å². The number of sulfone groups is 1. The predicted octanol–water partition coefficient (Wildman–Crippen LogP) is 0.815. The molecule has 116 valence electrons. The van der Waals surface area contributed by atoms with E-state index in [9.17, 15) is 18.0 Å². The van der Waals surface area contributed by atoms with Gasteiger partial charge >= 0.3 is 5.97 Å². The largest absolute Gasteiger partial charge is 0.480 e. The van der Waals surface area contributed by atoms with Crippen LogP contribution in [0.5, 0.6) is 0 Å². The molecule has 0 aliphatic heterocycles. The molecular weight excluding hydrogens is 282 g/mol. The molecule has 6 nitrogen and oxygen atoms in total. The second-order valence-electron chi connectivity index (χ2n) is 5.81. The predicted molar refractivity (Wildman–Crippen MR) is 75.0 cm³/mol. The van der Waals surface area contributed by atoms with Gasteiger partial charge in [0.05, 0.1) is 11.0 Å². The van der Waals surface area contributed by atoms with E-state index >= 15 is 0 Å². The van der Waals surface area contributed by atoms with Gasteiger partial charge in [-0.1, -0.05) is 13.8 Å². The number of amides is 1. The molecule has 0 aromatic rings. The summed E-state index contributed by atoms with van der Waals surface area (Å²) in [7, 11) is -3.53. The van der Waals surface area contributed by atoms with E-state index in [1.54, 1.807) is 0 Å². The Morgan fingerprint density at radius 1 is 1.25 bits per heavy atom. The molecule has 7 heteroatoms. The van der Waals surface area contributed by atoms with Gasteiger partial charge in [0.25, 0.3) is 0 Å². The first kappa shape index (κ1) is 16.9. The molecule has 1 aliphatic carbocycles. The highest BCUT2D eigenvalue weighted by molar-refractivity contribution is 7.92. The molecule has 0 radical (unpaired) electrons. The van der Waals surface area contributed by atoms with Gasteiger partial charge in [0.2, 0.25) is 5.91 Å². The summed E-state index contributed by atoms with van der Waals surface area (Å²) in [6.45, 7) is 5.30. The van der Waals surface area contributed by atoms with Gasteiger partial charge in [0.15, 0.2) is 9.84 Å². The number of hydrogen-bond acceptors (Lipinski definition) is 4. The number of nitrogens with one attached hydrogen (secondary N) is 1. The Kier molecular flexibility index (Phi) is 5.56. The van der Waals surface area contributed by atoms with Crippen molar-refractivity contribution in [2.24, 2.45) is 11.8 Å². The van der Waals surface area contributed by atoms with E-state index in [0.29, 0.717) is 24.7 Å². The monoisotopic (exact) mass is 305 g/mol. The van der Waals surface area contributed by atoms with E-state index < -0.39 is 38.8 Å². The third-order valence-corrected chi connectivity index (χ3v) is 6.37. The average molecular weight is 305 g/mol. The third-order valence-electron chi connectivity index (χ3n) is 4.13. The van der Waals surface area contributed by atoms with Gasteiger partial charge in [-0.2, -0.15) is 0 Å². The van der Waals surface area contributed by atoms with Crippen LogP contribution in [0.4, 0.5) is 0 Å². The number of carbonyl (C=O) groups excluding carboxylic acids is 1. The summed E-state index contributed by atoms with van der Waals surface area (Å²) in [4.78, 5) is 22.0. The minimum Gasteiger partial charge on any atom is -0.480 e. The number of rotatable bonds is 5. The van der Waals surface area contributed by atoms with Crippen LogP contribution in [0, 0.1) is 11.8 Å². The fraction of sp³-hybridized carbons (Fsp3) is 0.846. The summed E-state index contributed by atoms with van der Waals surface area (Å²) in [5, 5.41) is 10.7. The Morgan fingerprint density at radius 2 is 1.85 bits per heavy atom. The molecule has 20 heavy (non-hydrogen) atoms. The lowest BCUT2D eigenvalue weighted by molar-refractivity contribution is -0.140. The second kappa shape index (κ2) is 6.56. The first-order valence-electron chi connectivity index (χ1n) is 6.85. The first-order chi connectivity index (χ1) is 9.13. The Hall–Kier alpha value is -1.11. The summed E-state index contributed by atoms with van der Waals surface area (Å²) in [5.74, 6) is -1.59. The summed E-state index contributed by atoms with van der Waals surface area (Å²) in [5.41, 5.74) is 0. The second-order valence-corrected chi connectivity index (χ2v) is 8.14. The van der Waals surface area contributed by atoms with Gasteiger partial charge in [0, 0.05) is 6.92 Å². The highest BCUT2D eigenvalue weighted by Crippen LogP contribution is 2.33. The molecule has 1 fully saturated rings. The van der Waals surface area contributed by atoms with E-state index in [1.807, 2.05) is 6.92 Å². The van der Waals surface area contributed by atoms with E-state index in [2.05, 4.69) is 12.2 Å². The van der Waals surface area contributed by atoms with Crippen LogP contribution in [0.3, 0.4) is 0 Å². The Balaban J connectivity index is 2.77. The Morgan fingerprint density at radius 3 is 2.30 bits per heavy atom. The lowest BCUT2D eigenvalue weighted by atomic mass is 9.81. The van der Waals surface area contributed by atoms with Gasteiger partial charge in [-0.25, -0.2) is 13.2 Å². The number of carboxylic acids is 1. The molecule has 0 spiro atoms. The maximum absolute atomic E-state index is 12.3. The van der Waals surface area contributed by atoms with Crippen molar-refractivity contribution in [2.45, 2.75) is 51.3 Å². The van der Waals surface area contributed by atoms with Crippen LogP contribution in [-0.4, -0.2) is 42.4 Å². The lowest BCUT2D eigenvalue weighted by Crippen LogP contribution is -2.47. The molecule has 2 N–H and O–H groups in total. The summed E-state index contributed by atoms with van der Waals surface area (Å²) < 4.78 is 24.6.